The van der Waals surface area contributed by atoms with Gasteiger partial charge in [0.15, 0.2) is 0 Å². The van der Waals surface area contributed by atoms with Gasteiger partial charge < -0.3 is 0 Å². The lowest BCUT2D eigenvalue weighted by atomic mass is 10.2. The van der Waals surface area contributed by atoms with Crippen molar-refractivity contribution in [3.8, 4) is 16.8 Å². The molecule has 80 valence electrons. The Morgan fingerprint density at radius 2 is 2.31 bits per heavy atom. The summed E-state index contributed by atoms with van der Waals surface area (Å²) >= 11 is 1.57. The van der Waals surface area contributed by atoms with Crippen LogP contribution < -0.4 is 0 Å². The third kappa shape index (κ3) is 2.10. The molecule has 3 nitrogen and oxygen atoms in total. The van der Waals surface area contributed by atoms with Crippen LogP contribution in [0.5, 0.6) is 0 Å². The van der Waals surface area contributed by atoms with Crippen molar-refractivity contribution >= 4 is 11.3 Å². The molecule has 16 heavy (non-hydrogen) atoms. The molecule has 2 heterocycles. The second kappa shape index (κ2) is 4.86. The van der Waals surface area contributed by atoms with Crippen molar-refractivity contribution in [1.29, 1.82) is 5.26 Å². The number of thiazole rings is 1. The molecular formula is C12H11N3S. The minimum absolute atomic E-state index is 0.438. The summed E-state index contributed by atoms with van der Waals surface area (Å²) in [6.45, 7) is 2.05. The quantitative estimate of drug-likeness (QED) is 0.813. The molecule has 2 aromatic heterocycles. The van der Waals surface area contributed by atoms with E-state index < -0.39 is 0 Å². The lowest BCUT2D eigenvalue weighted by molar-refractivity contribution is 1.03. The van der Waals surface area contributed by atoms with Crippen LogP contribution in [0.3, 0.4) is 0 Å². The molecule has 0 spiro atoms. The van der Waals surface area contributed by atoms with Crippen LogP contribution in [0.25, 0.3) is 10.7 Å². The molecule has 0 saturated heterocycles. The highest BCUT2D eigenvalue weighted by molar-refractivity contribution is 7.15. The molecule has 0 aliphatic heterocycles. The molecule has 0 fully saturated rings. The number of hydrogen-bond donors (Lipinski definition) is 0. The highest BCUT2D eigenvalue weighted by Crippen LogP contribution is 2.27. The topological polar surface area (TPSA) is 49.6 Å². The molecule has 2 aromatic rings. The summed E-state index contributed by atoms with van der Waals surface area (Å²) in [5.74, 6) is 0. The maximum absolute atomic E-state index is 8.73. The zero-order valence-corrected chi connectivity index (χ0v) is 9.79. The van der Waals surface area contributed by atoms with Crippen LogP contribution >= 0.6 is 11.3 Å². The molecule has 4 heteroatoms. The van der Waals surface area contributed by atoms with E-state index in [0.29, 0.717) is 6.42 Å². The highest BCUT2D eigenvalue weighted by atomic mass is 32.1. The minimum atomic E-state index is 0.438. The number of aromatic nitrogens is 2. The van der Waals surface area contributed by atoms with Crippen LogP contribution in [0.4, 0.5) is 0 Å². The second-order valence-corrected chi connectivity index (χ2v) is 4.38. The van der Waals surface area contributed by atoms with Gasteiger partial charge in [-0.05, 0) is 18.6 Å². The monoisotopic (exact) mass is 229 g/mol. The smallest absolute Gasteiger partial charge is 0.142 e. The van der Waals surface area contributed by atoms with Gasteiger partial charge in [-0.3, -0.25) is 4.98 Å². The summed E-state index contributed by atoms with van der Waals surface area (Å²) in [4.78, 5) is 9.85. The summed E-state index contributed by atoms with van der Waals surface area (Å²) in [6.07, 6.45) is 3.06. The van der Waals surface area contributed by atoms with Gasteiger partial charge in [0.25, 0.3) is 0 Å². The van der Waals surface area contributed by atoms with E-state index in [2.05, 4.69) is 23.0 Å². The normalized spacial score (nSPS) is 10.0. The van der Waals surface area contributed by atoms with Crippen molar-refractivity contribution in [2.24, 2.45) is 0 Å². The van der Waals surface area contributed by atoms with Crippen molar-refractivity contribution in [3.63, 3.8) is 0 Å². The highest BCUT2D eigenvalue weighted by Gasteiger charge is 2.11. The van der Waals surface area contributed by atoms with Gasteiger partial charge >= 0.3 is 0 Å². The van der Waals surface area contributed by atoms with Crippen molar-refractivity contribution in [3.05, 3.63) is 35.0 Å². The molecule has 0 amide bonds. The lowest BCUT2D eigenvalue weighted by Crippen LogP contribution is -1.87. The molecule has 0 unspecified atom stereocenters. The van der Waals surface area contributed by atoms with Gasteiger partial charge in [0.2, 0.25) is 0 Å². The van der Waals surface area contributed by atoms with E-state index >= 15 is 0 Å². The molecule has 0 bridgehead atoms. The van der Waals surface area contributed by atoms with Crippen LogP contribution in [0, 0.1) is 11.3 Å². The SMILES string of the molecule is CCc1nc(-c2ccccn2)sc1CC#N. The van der Waals surface area contributed by atoms with E-state index in [4.69, 9.17) is 5.26 Å². The predicted octanol–water partition coefficient (Wildman–Crippen LogP) is 2.83. The van der Waals surface area contributed by atoms with Crippen LogP contribution in [-0.4, -0.2) is 9.97 Å². The molecule has 0 atom stereocenters. The number of aryl methyl sites for hydroxylation is 1. The Balaban J connectivity index is 2.41. The summed E-state index contributed by atoms with van der Waals surface area (Å²) in [5, 5.41) is 9.64. The number of hydrogen-bond acceptors (Lipinski definition) is 4. The van der Waals surface area contributed by atoms with Crippen LogP contribution in [0.1, 0.15) is 17.5 Å². The lowest BCUT2D eigenvalue weighted by Gasteiger charge is -1.92. The summed E-state index contributed by atoms with van der Waals surface area (Å²) < 4.78 is 0. The Morgan fingerprint density at radius 3 is 2.94 bits per heavy atom. The van der Waals surface area contributed by atoms with Crippen LogP contribution in [-0.2, 0) is 12.8 Å². The maximum Gasteiger partial charge on any atom is 0.142 e. The molecule has 0 saturated carbocycles. The number of nitriles is 1. The van der Waals surface area contributed by atoms with E-state index in [-0.39, 0.29) is 0 Å². The first-order valence-corrected chi connectivity index (χ1v) is 5.93. The average molecular weight is 229 g/mol. The first-order valence-electron chi connectivity index (χ1n) is 5.12. The Morgan fingerprint density at radius 1 is 1.44 bits per heavy atom. The van der Waals surface area contributed by atoms with E-state index in [0.717, 1.165) is 27.7 Å². The fourth-order valence-corrected chi connectivity index (χ4v) is 2.53. The molecule has 0 aromatic carbocycles. The maximum atomic E-state index is 8.73. The van der Waals surface area contributed by atoms with Crippen LogP contribution in [0.2, 0.25) is 0 Å². The standard InChI is InChI=1S/C12H11N3S/c1-2-9-11(6-7-13)16-12(15-9)10-5-3-4-8-14-10/h3-5,8H,2,6H2,1H3. The Kier molecular flexibility index (Phi) is 3.28. The van der Waals surface area contributed by atoms with E-state index in [1.807, 2.05) is 18.2 Å². The van der Waals surface area contributed by atoms with Gasteiger partial charge in [0, 0.05) is 11.1 Å². The second-order valence-electron chi connectivity index (χ2n) is 3.29. The number of nitrogens with zero attached hydrogens (tertiary/aromatic N) is 3. The predicted molar refractivity (Wildman–Crippen MR) is 64.0 cm³/mol. The third-order valence-corrected chi connectivity index (χ3v) is 3.36. The Hall–Kier alpha value is -1.73. The summed E-state index contributed by atoms with van der Waals surface area (Å²) in [7, 11) is 0. The van der Waals surface area contributed by atoms with Crippen molar-refractivity contribution in [2.75, 3.05) is 0 Å². The van der Waals surface area contributed by atoms with Gasteiger partial charge in [-0.2, -0.15) is 5.26 Å². The summed E-state index contributed by atoms with van der Waals surface area (Å²) in [5.41, 5.74) is 1.90. The van der Waals surface area contributed by atoms with E-state index in [1.165, 1.54) is 0 Å². The van der Waals surface area contributed by atoms with Crippen molar-refractivity contribution < 1.29 is 0 Å². The van der Waals surface area contributed by atoms with Gasteiger partial charge in [-0.25, -0.2) is 4.98 Å². The average Bonchev–Trinajstić information content (AvgIpc) is 2.74. The van der Waals surface area contributed by atoms with Crippen LogP contribution in [0.15, 0.2) is 24.4 Å². The molecule has 2 rings (SSSR count). The van der Waals surface area contributed by atoms with Gasteiger partial charge in [0.1, 0.15) is 5.01 Å². The molecule has 0 aliphatic rings. The van der Waals surface area contributed by atoms with Crippen molar-refractivity contribution in [1.82, 2.24) is 9.97 Å². The van der Waals surface area contributed by atoms with Crippen molar-refractivity contribution in [2.45, 2.75) is 19.8 Å². The number of pyridine rings is 1. The minimum Gasteiger partial charge on any atom is -0.254 e. The fourth-order valence-electron chi connectivity index (χ4n) is 1.47. The first-order chi connectivity index (χ1) is 7.85. The van der Waals surface area contributed by atoms with Gasteiger partial charge in [0.05, 0.1) is 23.9 Å². The zero-order chi connectivity index (χ0) is 11.4. The largest absolute Gasteiger partial charge is 0.254 e. The van der Waals surface area contributed by atoms with Gasteiger partial charge in [-0.1, -0.05) is 13.0 Å². The molecule has 0 N–H and O–H groups in total. The Bertz CT molecular complexity index is 511. The molecule has 0 aliphatic carbocycles. The molecular weight excluding hydrogens is 218 g/mol. The molecule has 0 radical (unpaired) electrons. The summed E-state index contributed by atoms with van der Waals surface area (Å²) in [6, 6.07) is 7.94. The van der Waals surface area contributed by atoms with E-state index in [9.17, 15) is 0 Å². The Labute approximate surface area is 98.4 Å². The zero-order valence-electron chi connectivity index (χ0n) is 8.97. The third-order valence-electron chi connectivity index (χ3n) is 2.24. The fraction of sp³-hybridized carbons (Fsp3) is 0.250. The first kappa shape index (κ1) is 10.8. The van der Waals surface area contributed by atoms with E-state index in [1.54, 1.807) is 17.5 Å². The van der Waals surface area contributed by atoms with Gasteiger partial charge in [-0.15, -0.1) is 11.3 Å². The number of rotatable bonds is 3.